The summed E-state index contributed by atoms with van der Waals surface area (Å²) in [4.78, 5) is 13.2. The molecular weight excluding hydrogens is 224 g/mol. The van der Waals surface area contributed by atoms with E-state index in [0.29, 0.717) is 6.54 Å². The molecule has 0 radical (unpaired) electrons. The molecule has 100 valence electrons. The van der Waals surface area contributed by atoms with E-state index in [0.717, 1.165) is 19.5 Å². The molecule has 1 aliphatic heterocycles. The molecule has 0 aromatic rings. The van der Waals surface area contributed by atoms with Gasteiger partial charge in [-0.1, -0.05) is 6.92 Å². The van der Waals surface area contributed by atoms with Crippen LogP contribution in [-0.2, 0) is 4.74 Å². The highest BCUT2D eigenvalue weighted by Crippen LogP contribution is 2.20. The fourth-order valence-electron chi connectivity index (χ4n) is 2.01. The monoisotopic (exact) mass is 246 g/mol. The zero-order chi connectivity index (χ0) is 12.9. The summed E-state index contributed by atoms with van der Waals surface area (Å²) in [5.41, 5.74) is -0.486. The maximum absolute atomic E-state index is 11.0. The van der Waals surface area contributed by atoms with Gasteiger partial charge >= 0.3 is 6.09 Å². The number of aliphatic hydroxyl groups excluding tert-OH is 2. The van der Waals surface area contributed by atoms with Crippen LogP contribution in [0.3, 0.4) is 0 Å². The lowest BCUT2D eigenvalue weighted by atomic mass is 9.92. The number of carbonyl (C=O) groups excluding carboxylic acids is 1. The Morgan fingerprint density at radius 1 is 1.53 bits per heavy atom. The lowest BCUT2D eigenvalue weighted by Gasteiger charge is -2.30. The number of hydrogen-bond acceptors (Lipinski definition) is 5. The molecule has 1 rings (SSSR count). The second-order valence-electron chi connectivity index (χ2n) is 4.98. The molecule has 1 unspecified atom stereocenters. The van der Waals surface area contributed by atoms with Crippen molar-refractivity contribution >= 4 is 6.09 Å². The van der Waals surface area contributed by atoms with E-state index in [4.69, 9.17) is 0 Å². The van der Waals surface area contributed by atoms with Gasteiger partial charge in [-0.05, 0) is 6.42 Å². The molecule has 0 saturated carbocycles. The normalized spacial score (nSPS) is 21.5. The average molecular weight is 246 g/mol. The number of aliphatic hydroxyl groups is 2. The zero-order valence-corrected chi connectivity index (χ0v) is 10.5. The van der Waals surface area contributed by atoms with Crippen LogP contribution in [0.2, 0.25) is 0 Å². The Morgan fingerprint density at radius 2 is 2.18 bits per heavy atom. The molecule has 0 spiro atoms. The molecule has 17 heavy (non-hydrogen) atoms. The zero-order valence-electron chi connectivity index (χ0n) is 10.5. The number of amides is 1. The second-order valence-corrected chi connectivity index (χ2v) is 4.98. The molecule has 0 aromatic heterocycles. The average Bonchev–Trinajstić information content (AvgIpc) is 2.75. The highest BCUT2D eigenvalue weighted by atomic mass is 16.5. The van der Waals surface area contributed by atoms with Gasteiger partial charge < -0.3 is 25.2 Å². The molecule has 1 saturated heterocycles. The van der Waals surface area contributed by atoms with Gasteiger partial charge in [0, 0.05) is 31.1 Å². The molecule has 6 heteroatoms. The number of likely N-dealkylation sites (tertiary alicyclic amines) is 1. The summed E-state index contributed by atoms with van der Waals surface area (Å²) in [7, 11) is 1.34. The van der Waals surface area contributed by atoms with E-state index in [-0.39, 0.29) is 19.3 Å². The van der Waals surface area contributed by atoms with Crippen molar-refractivity contribution in [3.8, 4) is 0 Å². The second kappa shape index (κ2) is 6.18. The van der Waals surface area contributed by atoms with E-state index in [1.165, 1.54) is 7.11 Å². The summed E-state index contributed by atoms with van der Waals surface area (Å²) in [6.45, 7) is 3.95. The summed E-state index contributed by atoms with van der Waals surface area (Å²) < 4.78 is 4.54. The largest absolute Gasteiger partial charge is 0.453 e. The minimum atomic E-state index is -0.486. The fourth-order valence-corrected chi connectivity index (χ4v) is 2.01. The Kier molecular flexibility index (Phi) is 5.17. The predicted octanol–water partition coefficient (Wildman–Crippen LogP) is -0.592. The van der Waals surface area contributed by atoms with E-state index in [1.807, 2.05) is 6.92 Å². The summed E-state index contributed by atoms with van der Waals surface area (Å²) in [6.07, 6.45) is 0.450. The van der Waals surface area contributed by atoms with Crippen LogP contribution in [0, 0.1) is 5.41 Å². The number of hydrogen-bond donors (Lipinski definition) is 3. The van der Waals surface area contributed by atoms with Crippen molar-refractivity contribution in [1.29, 1.82) is 0 Å². The van der Waals surface area contributed by atoms with Crippen LogP contribution in [0.4, 0.5) is 4.79 Å². The number of nitrogens with one attached hydrogen (secondary N) is 1. The Hall–Kier alpha value is -0.850. The molecule has 1 amide bonds. The van der Waals surface area contributed by atoms with Crippen molar-refractivity contribution in [3.05, 3.63) is 0 Å². The molecule has 0 aromatic carbocycles. The number of ether oxygens (including phenoxy) is 1. The smallest absolute Gasteiger partial charge is 0.407 e. The van der Waals surface area contributed by atoms with E-state index in [2.05, 4.69) is 15.0 Å². The van der Waals surface area contributed by atoms with Gasteiger partial charge in [-0.25, -0.2) is 4.79 Å². The van der Waals surface area contributed by atoms with Crippen LogP contribution in [0.1, 0.15) is 13.3 Å². The Labute approximate surface area is 102 Å². The van der Waals surface area contributed by atoms with E-state index in [9.17, 15) is 15.0 Å². The van der Waals surface area contributed by atoms with Gasteiger partial charge in [0.2, 0.25) is 0 Å². The van der Waals surface area contributed by atoms with Gasteiger partial charge in [0.15, 0.2) is 0 Å². The van der Waals surface area contributed by atoms with Crippen LogP contribution >= 0.6 is 0 Å². The molecule has 1 atom stereocenters. The Morgan fingerprint density at radius 3 is 2.71 bits per heavy atom. The lowest BCUT2D eigenvalue weighted by molar-refractivity contribution is 0.0409. The standard InChI is InChI=1S/C11H22N2O4/c1-11(7-14,8-15)6-13-4-3-9(5-13)12-10(16)17-2/h9,14-15H,3-8H2,1-2H3,(H,12,16). The maximum Gasteiger partial charge on any atom is 0.407 e. The predicted molar refractivity (Wildman–Crippen MR) is 62.7 cm³/mol. The number of rotatable bonds is 5. The SMILES string of the molecule is COC(=O)NC1CCN(CC(C)(CO)CO)C1. The van der Waals surface area contributed by atoms with Crippen molar-refractivity contribution in [2.75, 3.05) is 40.0 Å². The van der Waals surface area contributed by atoms with Crippen LogP contribution in [-0.4, -0.2) is 67.2 Å². The fraction of sp³-hybridized carbons (Fsp3) is 0.909. The van der Waals surface area contributed by atoms with Crippen molar-refractivity contribution in [3.63, 3.8) is 0 Å². The summed E-state index contributed by atoms with van der Waals surface area (Å²) in [6, 6.07) is 0.0871. The Balaban J connectivity index is 2.37. The molecular formula is C11H22N2O4. The highest BCUT2D eigenvalue weighted by molar-refractivity contribution is 5.67. The van der Waals surface area contributed by atoms with E-state index in [1.54, 1.807) is 0 Å². The van der Waals surface area contributed by atoms with Crippen molar-refractivity contribution < 1.29 is 19.7 Å². The summed E-state index contributed by atoms with van der Waals surface area (Å²) in [5.74, 6) is 0. The number of nitrogens with zero attached hydrogens (tertiary/aromatic N) is 1. The number of alkyl carbamates (subject to hydrolysis) is 1. The highest BCUT2D eigenvalue weighted by Gasteiger charge is 2.31. The van der Waals surface area contributed by atoms with Gasteiger partial charge in [0.05, 0.1) is 20.3 Å². The van der Waals surface area contributed by atoms with Gasteiger partial charge in [0.25, 0.3) is 0 Å². The molecule has 6 nitrogen and oxygen atoms in total. The van der Waals surface area contributed by atoms with Gasteiger partial charge in [0.1, 0.15) is 0 Å². The maximum atomic E-state index is 11.0. The third-order valence-corrected chi connectivity index (χ3v) is 3.15. The quantitative estimate of drug-likeness (QED) is 0.604. The summed E-state index contributed by atoms with van der Waals surface area (Å²) >= 11 is 0. The molecule has 3 N–H and O–H groups in total. The third kappa shape index (κ3) is 4.14. The van der Waals surface area contributed by atoms with Crippen LogP contribution < -0.4 is 5.32 Å². The van der Waals surface area contributed by atoms with Crippen molar-refractivity contribution in [2.45, 2.75) is 19.4 Å². The first kappa shape index (κ1) is 14.2. The van der Waals surface area contributed by atoms with Gasteiger partial charge in [-0.3, -0.25) is 0 Å². The number of carbonyl (C=O) groups is 1. The van der Waals surface area contributed by atoms with Crippen LogP contribution in [0.25, 0.3) is 0 Å². The first-order chi connectivity index (χ1) is 8.03. The van der Waals surface area contributed by atoms with E-state index < -0.39 is 11.5 Å². The lowest BCUT2D eigenvalue weighted by Crippen LogP contribution is -2.42. The minimum Gasteiger partial charge on any atom is -0.453 e. The molecule has 0 aliphatic carbocycles. The van der Waals surface area contributed by atoms with Gasteiger partial charge in [-0.15, -0.1) is 0 Å². The van der Waals surface area contributed by atoms with Gasteiger partial charge in [-0.2, -0.15) is 0 Å². The third-order valence-electron chi connectivity index (χ3n) is 3.15. The first-order valence-electron chi connectivity index (χ1n) is 5.81. The molecule has 0 bridgehead atoms. The molecule has 1 aliphatic rings. The van der Waals surface area contributed by atoms with E-state index >= 15 is 0 Å². The first-order valence-corrected chi connectivity index (χ1v) is 5.81. The topological polar surface area (TPSA) is 82.0 Å². The summed E-state index contributed by atoms with van der Waals surface area (Å²) in [5, 5.41) is 21.2. The molecule has 1 fully saturated rings. The molecule has 1 heterocycles. The Bertz CT molecular complexity index is 256. The van der Waals surface area contributed by atoms with Crippen molar-refractivity contribution in [1.82, 2.24) is 10.2 Å². The van der Waals surface area contributed by atoms with Crippen LogP contribution in [0.5, 0.6) is 0 Å². The van der Waals surface area contributed by atoms with Crippen molar-refractivity contribution in [2.24, 2.45) is 5.41 Å². The minimum absolute atomic E-state index is 0.0465. The number of methoxy groups -OCH3 is 1. The van der Waals surface area contributed by atoms with Crippen LogP contribution in [0.15, 0.2) is 0 Å².